The van der Waals surface area contributed by atoms with Crippen LogP contribution in [0, 0.1) is 11.3 Å². The fraction of sp³-hybridized carbons (Fsp3) is 0.500. The lowest BCUT2D eigenvalue weighted by Crippen LogP contribution is -2.30. The third kappa shape index (κ3) is 3.34. The Labute approximate surface area is 88.4 Å². The van der Waals surface area contributed by atoms with Crippen molar-refractivity contribution >= 4 is 10.0 Å². The number of rotatable bonds is 5. The number of imidazole rings is 1. The molecule has 82 valence electrons. The van der Waals surface area contributed by atoms with Gasteiger partial charge in [-0.2, -0.15) is 5.26 Å². The van der Waals surface area contributed by atoms with Gasteiger partial charge in [0.15, 0.2) is 5.75 Å². The number of nitrogens with one attached hydrogen (secondary N) is 2. The Morgan fingerprint density at radius 2 is 2.47 bits per heavy atom. The molecule has 1 unspecified atom stereocenters. The SMILES string of the molecule is CCC(NS(=O)(=O)CC#N)c1ncc[nH]1. The summed E-state index contributed by atoms with van der Waals surface area (Å²) < 4.78 is 25.0. The smallest absolute Gasteiger partial charge is 0.225 e. The average molecular weight is 228 g/mol. The van der Waals surface area contributed by atoms with Gasteiger partial charge in [0.1, 0.15) is 5.82 Å². The van der Waals surface area contributed by atoms with Crippen molar-refractivity contribution in [3.63, 3.8) is 0 Å². The molecule has 0 saturated carbocycles. The zero-order valence-corrected chi connectivity index (χ0v) is 9.08. The summed E-state index contributed by atoms with van der Waals surface area (Å²) in [4.78, 5) is 6.80. The van der Waals surface area contributed by atoms with E-state index in [-0.39, 0.29) is 0 Å². The van der Waals surface area contributed by atoms with Crippen LogP contribution in [-0.2, 0) is 10.0 Å². The highest BCUT2D eigenvalue weighted by molar-refractivity contribution is 7.89. The van der Waals surface area contributed by atoms with Crippen molar-refractivity contribution in [2.45, 2.75) is 19.4 Å². The van der Waals surface area contributed by atoms with Crippen molar-refractivity contribution < 1.29 is 8.42 Å². The molecular weight excluding hydrogens is 216 g/mol. The van der Waals surface area contributed by atoms with Gasteiger partial charge in [0.2, 0.25) is 10.0 Å². The molecule has 6 nitrogen and oxygen atoms in total. The van der Waals surface area contributed by atoms with Crippen LogP contribution in [0.25, 0.3) is 0 Å². The molecule has 0 spiro atoms. The minimum atomic E-state index is -3.54. The molecule has 15 heavy (non-hydrogen) atoms. The molecule has 2 N–H and O–H groups in total. The minimum Gasteiger partial charge on any atom is -0.347 e. The number of sulfonamides is 1. The van der Waals surface area contributed by atoms with Crippen molar-refractivity contribution in [1.29, 1.82) is 5.26 Å². The van der Waals surface area contributed by atoms with Gasteiger partial charge in [-0.15, -0.1) is 0 Å². The van der Waals surface area contributed by atoms with Gasteiger partial charge in [0.05, 0.1) is 12.1 Å². The Kier molecular flexibility index (Phi) is 3.82. The van der Waals surface area contributed by atoms with E-state index in [0.717, 1.165) is 0 Å². The molecule has 0 fully saturated rings. The number of nitriles is 1. The molecular formula is C8H12N4O2S. The molecule has 0 aromatic carbocycles. The van der Waals surface area contributed by atoms with Gasteiger partial charge in [-0.05, 0) is 6.42 Å². The summed E-state index contributed by atoms with van der Waals surface area (Å²) in [5.41, 5.74) is 0. The van der Waals surface area contributed by atoms with E-state index in [1.165, 1.54) is 0 Å². The van der Waals surface area contributed by atoms with Crippen molar-refractivity contribution in [1.82, 2.24) is 14.7 Å². The Hall–Kier alpha value is -1.39. The van der Waals surface area contributed by atoms with Gasteiger partial charge in [-0.1, -0.05) is 6.92 Å². The maximum Gasteiger partial charge on any atom is 0.225 e. The monoisotopic (exact) mass is 228 g/mol. The molecule has 0 saturated heterocycles. The van der Waals surface area contributed by atoms with Crippen molar-refractivity contribution in [3.05, 3.63) is 18.2 Å². The zero-order chi connectivity index (χ0) is 11.3. The van der Waals surface area contributed by atoms with E-state index in [1.54, 1.807) is 18.5 Å². The predicted octanol–water partition coefficient (Wildman–Crippen LogP) is 0.304. The summed E-state index contributed by atoms with van der Waals surface area (Å²) in [5, 5.41) is 8.33. The van der Waals surface area contributed by atoms with E-state index in [9.17, 15) is 8.42 Å². The van der Waals surface area contributed by atoms with Gasteiger partial charge in [-0.25, -0.2) is 18.1 Å². The Balaban J connectivity index is 2.76. The van der Waals surface area contributed by atoms with Crippen molar-refractivity contribution in [2.24, 2.45) is 0 Å². The molecule has 0 aliphatic heterocycles. The van der Waals surface area contributed by atoms with Crippen LogP contribution >= 0.6 is 0 Å². The van der Waals surface area contributed by atoms with Crippen LogP contribution in [-0.4, -0.2) is 24.1 Å². The number of aromatic nitrogens is 2. The fourth-order valence-electron chi connectivity index (χ4n) is 1.14. The summed E-state index contributed by atoms with van der Waals surface area (Å²) in [6, 6.07) is 1.20. The van der Waals surface area contributed by atoms with Crippen LogP contribution in [0.5, 0.6) is 0 Å². The zero-order valence-electron chi connectivity index (χ0n) is 8.27. The predicted molar refractivity (Wildman–Crippen MR) is 54.2 cm³/mol. The van der Waals surface area contributed by atoms with Gasteiger partial charge in [0.25, 0.3) is 0 Å². The first-order valence-electron chi connectivity index (χ1n) is 4.45. The van der Waals surface area contributed by atoms with Gasteiger partial charge < -0.3 is 4.98 Å². The average Bonchev–Trinajstić information content (AvgIpc) is 2.67. The van der Waals surface area contributed by atoms with Gasteiger partial charge in [0, 0.05) is 12.4 Å². The lowest BCUT2D eigenvalue weighted by atomic mass is 10.2. The van der Waals surface area contributed by atoms with Crippen molar-refractivity contribution in [2.75, 3.05) is 5.75 Å². The van der Waals surface area contributed by atoms with Crippen LogP contribution in [0.2, 0.25) is 0 Å². The molecule has 1 heterocycles. The summed E-state index contributed by atoms with van der Waals surface area (Å²) in [6.45, 7) is 1.84. The second-order valence-corrected chi connectivity index (χ2v) is 4.72. The molecule has 1 rings (SSSR count). The molecule has 1 aromatic rings. The lowest BCUT2D eigenvalue weighted by molar-refractivity contribution is 0.542. The number of H-pyrrole nitrogens is 1. The van der Waals surface area contributed by atoms with Crippen LogP contribution in [0.4, 0.5) is 0 Å². The maximum absolute atomic E-state index is 11.3. The second kappa shape index (κ2) is 4.91. The highest BCUT2D eigenvalue weighted by atomic mass is 32.2. The maximum atomic E-state index is 11.3. The summed E-state index contributed by atoms with van der Waals surface area (Å²) in [6.07, 6.45) is 3.74. The Morgan fingerprint density at radius 3 is 2.93 bits per heavy atom. The normalized spacial score (nSPS) is 13.3. The first kappa shape index (κ1) is 11.7. The third-order valence-electron chi connectivity index (χ3n) is 1.83. The molecule has 7 heteroatoms. The largest absolute Gasteiger partial charge is 0.347 e. The molecule has 1 atom stereocenters. The van der Waals surface area contributed by atoms with E-state index >= 15 is 0 Å². The number of aromatic amines is 1. The topological polar surface area (TPSA) is 98.6 Å². The number of hydrogen-bond donors (Lipinski definition) is 2. The van der Waals surface area contributed by atoms with Crippen LogP contribution < -0.4 is 4.72 Å². The molecule has 0 aliphatic carbocycles. The molecule has 1 aromatic heterocycles. The van der Waals surface area contributed by atoms with Crippen LogP contribution in [0.3, 0.4) is 0 Å². The minimum absolute atomic E-state index is 0.404. The van der Waals surface area contributed by atoms with E-state index in [2.05, 4.69) is 14.7 Å². The highest BCUT2D eigenvalue weighted by Crippen LogP contribution is 2.12. The van der Waals surface area contributed by atoms with Crippen LogP contribution in [0.15, 0.2) is 12.4 Å². The second-order valence-electron chi connectivity index (χ2n) is 2.97. The van der Waals surface area contributed by atoms with E-state index < -0.39 is 21.8 Å². The third-order valence-corrected chi connectivity index (χ3v) is 2.99. The summed E-state index contributed by atoms with van der Waals surface area (Å²) in [5.74, 6) is 0.0172. The quantitative estimate of drug-likeness (QED) is 0.757. The molecule has 0 aliphatic rings. The first-order chi connectivity index (χ1) is 7.09. The fourth-order valence-corrected chi connectivity index (χ4v) is 2.11. The number of nitrogens with zero attached hydrogens (tertiary/aromatic N) is 2. The number of hydrogen-bond acceptors (Lipinski definition) is 4. The highest BCUT2D eigenvalue weighted by Gasteiger charge is 2.19. The molecule has 0 bridgehead atoms. The van der Waals surface area contributed by atoms with Gasteiger partial charge in [-0.3, -0.25) is 0 Å². The Morgan fingerprint density at radius 1 is 1.73 bits per heavy atom. The van der Waals surface area contributed by atoms with Crippen LogP contribution in [0.1, 0.15) is 25.2 Å². The standard InChI is InChI=1S/C8H12N4O2S/c1-2-7(8-10-4-5-11-8)12-15(13,14)6-3-9/h4-5,7,12H,2,6H2,1H3,(H,10,11). The molecule has 0 radical (unpaired) electrons. The summed E-state index contributed by atoms with van der Waals surface area (Å²) >= 11 is 0. The van der Waals surface area contributed by atoms with E-state index in [0.29, 0.717) is 12.2 Å². The summed E-state index contributed by atoms with van der Waals surface area (Å²) in [7, 11) is -3.54. The van der Waals surface area contributed by atoms with Crippen molar-refractivity contribution in [3.8, 4) is 6.07 Å². The lowest BCUT2D eigenvalue weighted by Gasteiger charge is -2.13. The van der Waals surface area contributed by atoms with E-state index in [4.69, 9.17) is 5.26 Å². The molecule has 0 amide bonds. The van der Waals surface area contributed by atoms with E-state index in [1.807, 2.05) is 6.92 Å². The van der Waals surface area contributed by atoms with Gasteiger partial charge >= 0.3 is 0 Å². The first-order valence-corrected chi connectivity index (χ1v) is 6.10. The Bertz CT molecular complexity index is 432.